The molecule has 0 aliphatic carbocycles. The normalized spacial score (nSPS) is 11.2. The lowest BCUT2D eigenvalue weighted by Gasteiger charge is -2.07. The summed E-state index contributed by atoms with van der Waals surface area (Å²) in [6.45, 7) is 7.75. The predicted molar refractivity (Wildman–Crippen MR) is 82.2 cm³/mol. The molecule has 1 rings (SSSR count). The van der Waals surface area contributed by atoms with Gasteiger partial charge in [0.05, 0.1) is 6.61 Å². The highest BCUT2D eigenvalue weighted by molar-refractivity contribution is 5.16. The summed E-state index contributed by atoms with van der Waals surface area (Å²) >= 11 is 0. The van der Waals surface area contributed by atoms with Gasteiger partial charge in [0.15, 0.2) is 0 Å². The molecule has 0 heterocycles. The smallest absolute Gasteiger partial charge is 0.128 e. The van der Waals surface area contributed by atoms with Crippen molar-refractivity contribution in [2.75, 3.05) is 19.7 Å². The lowest BCUT2D eigenvalue weighted by Crippen LogP contribution is -2.20. The maximum Gasteiger partial charge on any atom is 0.128 e. The Balaban J connectivity index is 1.89. The first-order chi connectivity index (χ1) is 9.70. The Morgan fingerprint density at radius 2 is 1.85 bits per heavy atom. The summed E-state index contributed by atoms with van der Waals surface area (Å²) in [7, 11) is 0. The van der Waals surface area contributed by atoms with Gasteiger partial charge in [-0.05, 0) is 37.9 Å². The van der Waals surface area contributed by atoms with Gasteiger partial charge in [0.2, 0.25) is 0 Å². The minimum absolute atomic E-state index is 0.177. The minimum atomic E-state index is -0.177. The van der Waals surface area contributed by atoms with Gasteiger partial charge in [0.1, 0.15) is 5.82 Å². The number of halogens is 1. The molecule has 0 spiro atoms. The van der Waals surface area contributed by atoms with E-state index >= 15 is 0 Å². The van der Waals surface area contributed by atoms with Crippen LogP contribution in [-0.2, 0) is 11.3 Å². The van der Waals surface area contributed by atoms with Gasteiger partial charge in [-0.2, -0.15) is 0 Å². The molecule has 0 amide bonds. The highest BCUT2D eigenvalue weighted by atomic mass is 19.1. The maximum absolute atomic E-state index is 13.3. The second-order valence-electron chi connectivity index (χ2n) is 5.66. The molecule has 0 saturated heterocycles. The molecule has 0 aliphatic heterocycles. The quantitative estimate of drug-likeness (QED) is 0.615. The van der Waals surface area contributed by atoms with Crippen LogP contribution < -0.4 is 5.32 Å². The van der Waals surface area contributed by atoms with Gasteiger partial charge in [0.25, 0.3) is 0 Å². The Morgan fingerprint density at radius 3 is 2.60 bits per heavy atom. The molecule has 1 N–H and O–H groups in total. The number of unbranched alkanes of at least 4 members (excludes halogenated alkanes) is 3. The van der Waals surface area contributed by atoms with E-state index in [1.165, 1.54) is 25.3 Å². The topological polar surface area (TPSA) is 21.3 Å². The van der Waals surface area contributed by atoms with Crippen LogP contribution >= 0.6 is 0 Å². The van der Waals surface area contributed by atoms with Gasteiger partial charge >= 0.3 is 0 Å². The molecule has 0 atom stereocenters. The van der Waals surface area contributed by atoms with E-state index in [1.54, 1.807) is 12.1 Å². The number of nitrogens with one attached hydrogen (secondary N) is 1. The van der Waals surface area contributed by atoms with E-state index in [-0.39, 0.29) is 5.82 Å². The molecule has 0 fully saturated rings. The maximum atomic E-state index is 13.3. The summed E-state index contributed by atoms with van der Waals surface area (Å²) in [5, 5.41) is 3.44. The second-order valence-corrected chi connectivity index (χ2v) is 5.66. The largest absolute Gasteiger partial charge is 0.377 e. The highest BCUT2D eigenvalue weighted by Crippen LogP contribution is 2.08. The zero-order valence-electron chi connectivity index (χ0n) is 12.8. The van der Waals surface area contributed by atoms with Gasteiger partial charge < -0.3 is 10.1 Å². The molecule has 0 bridgehead atoms. The number of hydrogen-bond acceptors (Lipinski definition) is 2. The molecule has 3 heteroatoms. The van der Waals surface area contributed by atoms with Gasteiger partial charge in [-0.3, -0.25) is 0 Å². The van der Waals surface area contributed by atoms with Gasteiger partial charge in [0, 0.05) is 12.2 Å². The van der Waals surface area contributed by atoms with Crippen LogP contribution in [0.4, 0.5) is 4.39 Å². The molecule has 0 radical (unpaired) electrons. The second kappa shape index (κ2) is 10.8. The van der Waals surface area contributed by atoms with Crippen LogP contribution in [-0.4, -0.2) is 19.7 Å². The van der Waals surface area contributed by atoms with Crippen LogP contribution in [0.25, 0.3) is 0 Å². The average Bonchev–Trinajstić information content (AvgIpc) is 2.42. The van der Waals surface area contributed by atoms with Crippen LogP contribution in [0, 0.1) is 11.7 Å². The van der Waals surface area contributed by atoms with Crippen molar-refractivity contribution in [2.24, 2.45) is 5.92 Å². The minimum Gasteiger partial charge on any atom is -0.377 e. The first-order valence-electron chi connectivity index (χ1n) is 7.72. The number of rotatable bonds is 11. The van der Waals surface area contributed by atoms with E-state index < -0.39 is 0 Å². The van der Waals surface area contributed by atoms with Gasteiger partial charge in [-0.25, -0.2) is 4.39 Å². The highest BCUT2D eigenvalue weighted by Gasteiger charge is 2.00. The molecule has 1 aromatic rings. The van der Waals surface area contributed by atoms with Crippen molar-refractivity contribution in [2.45, 2.75) is 46.1 Å². The van der Waals surface area contributed by atoms with Crippen LogP contribution in [0.2, 0.25) is 0 Å². The Kier molecular flexibility index (Phi) is 9.25. The first-order valence-corrected chi connectivity index (χ1v) is 7.72. The van der Waals surface area contributed by atoms with E-state index in [9.17, 15) is 4.39 Å². The molecule has 0 saturated carbocycles. The van der Waals surface area contributed by atoms with Crippen molar-refractivity contribution in [3.05, 3.63) is 35.6 Å². The first kappa shape index (κ1) is 17.1. The third kappa shape index (κ3) is 8.28. The molecular formula is C17H28FNO. The standard InChI is InChI=1S/C17H28FNO/c1-15(2)13-19-11-7-3-4-8-12-20-14-16-9-5-6-10-17(16)18/h5-6,9-10,15,19H,3-4,7-8,11-14H2,1-2H3. The van der Waals surface area contributed by atoms with E-state index in [4.69, 9.17) is 4.74 Å². The zero-order chi connectivity index (χ0) is 14.6. The summed E-state index contributed by atoms with van der Waals surface area (Å²) < 4.78 is 18.8. The van der Waals surface area contributed by atoms with E-state index in [2.05, 4.69) is 19.2 Å². The van der Waals surface area contributed by atoms with Crippen LogP contribution in [0.15, 0.2) is 24.3 Å². The lowest BCUT2D eigenvalue weighted by molar-refractivity contribution is 0.114. The van der Waals surface area contributed by atoms with Crippen molar-refractivity contribution in [3.63, 3.8) is 0 Å². The summed E-state index contributed by atoms with van der Waals surface area (Å²) in [5.74, 6) is 0.547. The Morgan fingerprint density at radius 1 is 1.10 bits per heavy atom. The molecule has 0 aromatic heterocycles. The lowest BCUT2D eigenvalue weighted by atomic mass is 10.2. The fourth-order valence-electron chi connectivity index (χ4n) is 2.00. The molecule has 0 unspecified atom stereocenters. The summed E-state index contributed by atoms with van der Waals surface area (Å²) in [5.41, 5.74) is 0.644. The van der Waals surface area contributed by atoms with Crippen LogP contribution in [0.1, 0.15) is 45.1 Å². The number of hydrogen-bond donors (Lipinski definition) is 1. The Bertz CT molecular complexity index is 355. The van der Waals surface area contributed by atoms with Gasteiger partial charge in [-0.15, -0.1) is 0 Å². The number of benzene rings is 1. The fraction of sp³-hybridized carbons (Fsp3) is 0.647. The molecule has 1 aromatic carbocycles. The van der Waals surface area contributed by atoms with Crippen molar-refractivity contribution < 1.29 is 9.13 Å². The fourth-order valence-corrected chi connectivity index (χ4v) is 2.00. The SMILES string of the molecule is CC(C)CNCCCCCCOCc1ccccc1F. The van der Waals surface area contributed by atoms with Crippen molar-refractivity contribution in [1.82, 2.24) is 5.32 Å². The zero-order valence-corrected chi connectivity index (χ0v) is 12.8. The predicted octanol–water partition coefficient (Wildman–Crippen LogP) is 4.15. The molecule has 20 heavy (non-hydrogen) atoms. The number of ether oxygens (including phenoxy) is 1. The Hall–Kier alpha value is -0.930. The molecule has 114 valence electrons. The monoisotopic (exact) mass is 281 g/mol. The van der Waals surface area contributed by atoms with Crippen LogP contribution in [0.3, 0.4) is 0 Å². The van der Waals surface area contributed by atoms with Gasteiger partial charge in [-0.1, -0.05) is 44.9 Å². The third-order valence-electron chi connectivity index (χ3n) is 3.16. The molecular weight excluding hydrogens is 253 g/mol. The van der Waals surface area contributed by atoms with Crippen molar-refractivity contribution in [3.8, 4) is 0 Å². The van der Waals surface area contributed by atoms with E-state index in [0.717, 1.165) is 25.4 Å². The summed E-state index contributed by atoms with van der Waals surface area (Å²) in [4.78, 5) is 0. The summed E-state index contributed by atoms with van der Waals surface area (Å²) in [6.07, 6.45) is 4.69. The van der Waals surface area contributed by atoms with E-state index in [1.807, 2.05) is 6.07 Å². The molecule has 0 aliphatic rings. The van der Waals surface area contributed by atoms with Crippen LogP contribution in [0.5, 0.6) is 0 Å². The molecule has 2 nitrogen and oxygen atoms in total. The average molecular weight is 281 g/mol. The van der Waals surface area contributed by atoms with Crippen molar-refractivity contribution in [1.29, 1.82) is 0 Å². The Labute approximate surface area is 122 Å². The summed E-state index contributed by atoms with van der Waals surface area (Å²) in [6, 6.07) is 6.79. The third-order valence-corrected chi connectivity index (χ3v) is 3.16. The van der Waals surface area contributed by atoms with Crippen molar-refractivity contribution >= 4 is 0 Å². The van der Waals surface area contributed by atoms with E-state index in [0.29, 0.717) is 18.8 Å².